The maximum Gasteiger partial charge on any atom is 0.146 e. The highest BCUT2D eigenvalue weighted by Crippen LogP contribution is 2.22. The first-order valence-electron chi connectivity index (χ1n) is 8.40. The highest BCUT2D eigenvalue weighted by molar-refractivity contribution is 5.48. The third-order valence-electron chi connectivity index (χ3n) is 5.14. The van der Waals surface area contributed by atoms with Gasteiger partial charge in [0.15, 0.2) is 0 Å². The van der Waals surface area contributed by atoms with E-state index in [2.05, 4.69) is 21.6 Å². The Labute approximate surface area is 132 Å². The molecule has 0 spiro atoms. The Morgan fingerprint density at radius 1 is 1.14 bits per heavy atom. The number of hydrogen-bond acceptors (Lipinski definition) is 4. The van der Waals surface area contributed by atoms with E-state index in [1.165, 1.54) is 6.07 Å². The van der Waals surface area contributed by atoms with E-state index in [9.17, 15) is 4.39 Å². The van der Waals surface area contributed by atoms with Gasteiger partial charge >= 0.3 is 0 Å². The van der Waals surface area contributed by atoms with Gasteiger partial charge in [0.05, 0.1) is 5.69 Å². The van der Waals surface area contributed by atoms with Crippen molar-refractivity contribution in [1.82, 2.24) is 9.80 Å². The number of likely N-dealkylation sites (N-methyl/N-ethyl adjacent to an activating group) is 1. The number of benzene rings is 1. The van der Waals surface area contributed by atoms with Crippen LogP contribution in [0.2, 0.25) is 0 Å². The van der Waals surface area contributed by atoms with Crippen LogP contribution in [0.4, 0.5) is 10.1 Å². The molecule has 0 bridgehead atoms. The average Bonchev–Trinajstić information content (AvgIpc) is 2.56. The summed E-state index contributed by atoms with van der Waals surface area (Å²) in [5.41, 5.74) is 7.08. The molecule has 2 heterocycles. The monoisotopic (exact) mass is 306 g/mol. The van der Waals surface area contributed by atoms with Crippen LogP contribution in [0.15, 0.2) is 24.3 Å². The maximum atomic E-state index is 13.9. The minimum atomic E-state index is -0.123. The van der Waals surface area contributed by atoms with Crippen molar-refractivity contribution >= 4 is 5.69 Å². The first-order valence-corrected chi connectivity index (χ1v) is 8.40. The predicted octanol–water partition coefficient (Wildman–Crippen LogP) is 1.37. The second-order valence-corrected chi connectivity index (χ2v) is 6.39. The molecule has 2 atom stereocenters. The van der Waals surface area contributed by atoms with Gasteiger partial charge in [-0.2, -0.15) is 0 Å². The van der Waals surface area contributed by atoms with Crippen LogP contribution in [-0.2, 0) is 0 Å². The Bertz CT molecular complexity index is 487. The number of piperazine rings is 1. The van der Waals surface area contributed by atoms with Gasteiger partial charge in [0.1, 0.15) is 5.82 Å². The number of likely N-dealkylation sites (tertiary alicyclic amines) is 1. The lowest BCUT2D eigenvalue weighted by Gasteiger charge is -2.46. The van der Waals surface area contributed by atoms with Gasteiger partial charge in [0.2, 0.25) is 0 Å². The van der Waals surface area contributed by atoms with E-state index in [-0.39, 0.29) is 11.9 Å². The molecule has 0 saturated carbocycles. The third kappa shape index (κ3) is 3.26. The van der Waals surface area contributed by atoms with Crippen LogP contribution < -0.4 is 10.6 Å². The zero-order valence-electron chi connectivity index (χ0n) is 13.4. The lowest BCUT2D eigenvalue weighted by atomic mass is 9.98. The van der Waals surface area contributed by atoms with E-state index in [0.717, 1.165) is 57.9 Å². The predicted molar refractivity (Wildman–Crippen MR) is 88.7 cm³/mol. The lowest BCUT2D eigenvalue weighted by molar-refractivity contribution is 0.0800. The Balaban J connectivity index is 1.60. The molecular formula is C17H27FN4. The SMILES string of the molecule is CCN1CCC(N)C(N2CCN(c3ccccc3F)CC2)C1. The van der Waals surface area contributed by atoms with E-state index >= 15 is 0 Å². The van der Waals surface area contributed by atoms with Gasteiger partial charge in [-0.3, -0.25) is 4.90 Å². The van der Waals surface area contributed by atoms with Gasteiger partial charge in [0.25, 0.3) is 0 Å². The maximum absolute atomic E-state index is 13.9. The number of nitrogens with two attached hydrogens (primary N) is 1. The van der Waals surface area contributed by atoms with E-state index in [1.807, 2.05) is 12.1 Å². The molecule has 1 aromatic carbocycles. The largest absolute Gasteiger partial charge is 0.367 e. The van der Waals surface area contributed by atoms with Crippen LogP contribution in [0.5, 0.6) is 0 Å². The van der Waals surface area contributed by atoms with Gasteiger partial charge in [-0.15, -0.1) is 0 Å². The average molecular weight is 306 g/mol. The quantitative estimate of drug-likeness (QED) is 0.915. The fraction of sp³-hybridized carbons (Fsp3) is 0.647. The lowest BCUT2D eigenvalue weighted by Crippen LogP contribution is -2.62. The van der Waals surface area contributed by atoms with E-state index < -0.39 is 0 Å². The molecule has 2 fully saturated rings. The van der Waals surface area contributed by atoms with Gasteiger partial charge in [-0.25, -0.2) is 4.39 Å². The van der Waals surface area contributed by atoms with Crippen LogP contribution in [-0.4, -0.2) is 67.7 Å². The Hall–Kier alpha value is -1.17. The molecule has 2 aliphatic heterocycles. The number of halogens is 1. The fourth-order valence-corrected chi connectivity index (χ4v) is 3.69. The van der Waals surface area contributed by atoms with Gasteiger partial charge in [-0.05, 0) is 31.6 Å². The van der Waals surface area contributed by atoms with Crippen LogP contribution in [0.1, 0.15) is 13.3 Å². The molecule has 4 nitrogen and oxygen atoms in total. The summed E-state index contributed by atoms with van der Waals surface area (Å²) in [4.78, 5) is 7.14. The molecule has 122 valence electrons. The Morgan fingerprint density at radius 3 is 2.55 bits per heavy atom. The van der Waals surface area contributed by atoms with Crippen LogP contribution in [0, 0.1) is 5.82 Å². The zero-order valence-corrected chi connectivity index (χ0v) is 13.4. The van der Waals surface area contributed by atoms with Crippen molar-refractivity contribution in [3.8, 4) is 0 Å². The molecule has 0 radical (unpaired) electrons. The van der Waals surface area contributed by atoms with Crippen molar-refractivity contribution in [2.75, 3.05) is 50.7 Å². The second kappa shape index (κ2) is 6.94. The smallest absolute Gasteiger partial charge is 0.146 e. The van der Waals surface area contributed by atoms with Gasteiger partial charge < -0.3 is 15.5 Å². The first-order chi connectivity index (χ1) is 10.7. The number of rotatable bonds is 3. The van der Waals surface area contributed by atoms with Crippen molar-refractivity contribution < 1.29 is 4.39 Å². The Morgan fingerprint density at radius 2 is 1.86 bits per heavy atom. The molecule has 3 rings (SSSR count). The standard InChI is InChI=1S/C17H27FN4/c1-2-20-8-7-15(19)17(13-20)22-11-9-21(10-12-22)16-6-4-3-5-14(16)18/h3-6,15,17H,2,7-13,19H2,1H3. The second-order valence-electron chi connectivity index (χ2n) is 6.39. The topological polar surface area (TPSA) is 35.7 Å². The number of nitrogens with zero attached hydrogens (tertiary/aromatic N) is 3. The van der Waals surface area contributed by atoms with Crippen molar-refractivity contribution in [3.63, 3.8) is 0 Å². The summed E-state index contributed by atoms with van der Waals surface area (Å²) in [5.74, 6) is -0.123. The van der Waals surface area contributed by atoms with Crippen molar-refractivity contribution in [2.45, 2.75) is 25.4 Å². The van der Waals surface area contributed by atoms with E-state index in [0.29, 0.717) is 6.04 Å². The molecule has 2 unspecified atom stereocenters. The molecule has 0 aromatic heterocycles. The highest BCUT2D eigenvalue weighted by Gasteiger charge is 2.32. The number of anilines is 1. The fourth-order valence-electron chi connectivity index (χ4n) is 3.69. The highest BCUT2D eigenvalue weighted by atomic mass is 19.1. The van der Waals surface area contributed by atoms with Crippen LogP contribution in [0.3, 0.4) is 0 Å². The molecular weight excluding hydrogens is 279 g/mol. The first kappa shape index (κ1) is 15.7. The van der Waals surface area contributed by atoms with Crippen LogP contribution in [0.25, 0.3) is 0 Å². The van der Waals surface area contributed by atoms with Crippen molar-refractivity contribution in [2.24, 2.45) is 5.73 Å². The molecule has 2 N–H and O–H groups in total. The summed E-state index contributed by atoms with van der Waals surface area (Å²) in [6, 6.07) is 7.77. The molecule has 0 amide bonds. The molecule has 2 saturated heterocycles. The van der Waals surface area contributed by atoms with E-state index in [4.69, 9.17) is 5.73 Å². The minimum absolute atomic E-state index is 0.123. The normalized spacial score (nSPS) is 28.0. The summed E-state index contributed by atoms with van der Waals surface area (Å²) >= 11 is 0. The van der Waals surface area contributed by atoms with Gasteiger partial charge in [0, 0.05) is 44.8 Å². The summed E-state index contributed by atoms with van der Waals surface area (Å²) < 4.78 is 13.9. The minimum Gasteiger partial charge on any atom is -0.367 e. The summed E-state index contributed by atoms with van der Waals surface area (Å²) in [5, 5.41) is 0. The number of para-hydroxylation sites is 1. The zero-order chi connectivity index (χ0) is 15.5. The summed E-state index contributed by atoms with van der Waals surface area (Å²) in [6.45, 7) is 9.16. The van der Waals surface area contributed by atoms with Crippen molar-refractivity contribution in [3.05, 3.63) is 30.1 Å². The molecule has 2 aliphatic rings. The number of piperidine rings is 1. The summed E-state index contributed by atoms with van der Waals surface area (Å²) in [7, 11) is 0. The van der Waals surface area contributed by atoms with Crippen LogP contribution >= 0.6 is 0 Å². The third-order valence-corrected chi connectivity index (χ3v) is 5.14. The molecule has 5 heteroatoms. The number of hydrogen-bond donors (Lipinski definition) is 1. The Kier molecular flexibility index (Phi) is 4.96. The molecule has 0 aliphatic carbocycles. The van der Waals surface area contributed by atoms with E-state index in [1.54, 1.807) is 6.07 Å². The van der Waals surface area contributed by atoms with Gasteiger partial charge in [-0.1, -0.05) is 19.1 Å². The molecule has 1 aromatic rings. The molecule has 22 heavy (non-hydrogen) atoms. The van der Waals surface area contributed by atoms with Crippen molar-refractivity contribution in [1.29, 1.82) is 0 Å². The summed E-state index contributed by atoms with van der Waals surface area (Å²) in [6.07, 6.45) is 1.08.